The molecule has 1 aliphatic rings. The molecule has 1 heterocycles. The van der Waals surface area contributed by atoms with Gasteiger partial charge >= 0.3 is 0 Å². The number of nitrogens with two attached hydrogens (primary N) is 3. The maximum Gasteiger partial charge on any atom is 0.252 e. The lowest BCUT2D eigenvalue weighted by Crippen LogP contribution is -2.50. The van der Waals surface area contributed by atoms with Gasteiger partial charge in [0.05, 0.1) is 18.8 Å². The highest BCUT2D eigenvalue weighted by Crippen LogP contribution is 2.22. The van der Waals surface area contributed by atoms with E-state index in [0.717, 1.165) is 10.5 Å². The Bertz CT molecular complexity index is 682. The number of imide groups is 1. The van der Waals surface area contributed by atoms with Gasteiger partial charge < -0.3 is 27.2 Å². The third-order valence-electron chi connectivity index (χ3n) is 4.68. The van der Waals surface area contributed by atoms with E-state index in [4.69, 9.17) is 17.2 Å². The van der Waals surface area contributed by atoms with Crippen molar-refractivity contribution in [2.75, 3.05) is 13.1 Å². The molecule has 9 heteroatoms. The van der Waals surface area contributed by atoms with Crippen LogP contribution in [-0.2, 0) is 20.9 Å². The van der Waals surface area contributed by atoms with Crippen LogP contribution in [0.15, 0.2) is 30.3 Å². The van der Waals surface area contributed by atoms with Crippen molar-refractivity contribution in [2.45, 2.75) is 50.5 Å². The topological polar surface area (TPSA) is 156 Å². The van der Waals surface area contributed by atoms with E-state index in [1.54, 1.807) is 0 Å². The van der Waals surface area contributed by atoms with Crippen molar-refractivity contribution in [2.24, 2.45) is 17.2 Å². The van der Waals surface area contributed by atoms with Gasteiger partial charge in [-0.15, -0.1) is 0 Å². The van der Waals surface area contributed by atoms with E-state index in [0.29, 0.717) is 0 Å². The summed E-state index contributed by atoms with van der Waals surface area (Å²) in [6, 6.07) is 8.19. The second-order valence-electron chi connectivity index (χ2n) is 7.00. The fourth-order valence-corrected chi connectivity index (χ4v) is 3.25. The third kappa shape index (κ3) is 5.83. The Kier molecular flexibility index (Phi) is 8.06. The maximum atomic E-state index is 13.2. The number of aliphatic hydroxyl groups excluding tert-OH is 1. The zero-order chi connectivity index (χ0) is 20.7. The van der Waals surface area contributed by atoms with Crippen LogP contribution in [0.4, 0.5) is 0 Å². The Morgan fingerprint density at radius 3 is 2.46 bits per heavy atom. The number of amides is 3. The third-order valence-corrected chi connectivity index (χ3v) is 4.68. The molecule has 0 aromatic heterocycles. The highest BCUT2D eigenvalue weighted by Gasteiger charge is 2.41. The lowest BCUT2D eigenvalue weighted by atomic mass is 10.1. The minimum atomic E-state index is -0.895. The summed E-state index contributed by atoms with van der Waals surface area (Å²) in [6.45, 7) is 0.271. The molecule has 1 fully saturated rings. The Balaban J connectivity index is 2.23. The summed E-state index contributed by atoms with van der Waals surface area (Å²) in [5, 5.41) is 10.0. The van der Waals surface area contributed by atoms with Crippen LogP contribution in [0.3, 0.4) is 0 Å². The van der Waals surface area contributed by atoms with Gasteiger partial charge in [-0.1, -0.05) is 30.3 Å². The van der Waals surface area contributed by atoms with E-state index in [-0.39, 0.29) is 51.2 Å². The lowest BCUT2D eigenvalue weighted by Gasteiger charge is -2.29. The molecule has 2 atom stereocenters. The van der Waals surface area contributed by atoms with E-state index in [1.165, 1.54) is 4.90 Å². The van der Waals surface area contributed by atoms with Crippen LogP contribution in [0.1, 0.15) is 31.2 Å². The number of hydrogen-bond acceptors (Lipinski definition) is 7. The average molecular weight is 391 g/mol. The van der Waals surface area contributed by atoms with Crippen molar-refractivity contribution >= 4 is 17.7 Å². The normalized spacial score (nSPS) is 19.1. The molecule has 0 bridgehead atoms. The number of rotatable bonds is 8. The number of likely N-dealkylation sites (tertiary alicyclic amines) is 1. The molecular formula is C19H29N5O4. The van der Waals surface area contributed by atoms with Gasteiger partial charge in [-0.2, -0.15) is 0 Å². The summed E-state index contributed by atoms with van der Waals surface area (Å²) in [5.74, 6) is -1.24. The number of nitrogens with zero attached hydrogens (tertiary/aromatic N) is 2. The first-order chi connectivity index (χ1) is 13.3. The molecule has 154 valence electrons. The van der Waals surface area contributed by atoms with E-state index >= 15 is 0 Å². The van der Waals surface area contributed by atoms with Crippen molar-refractivity contribution < 1.29 is 19.5 Å². The Morgan fingerprint density at radius 1 is 1.18 bits per heavy atom. The van der Waals surface area contributed by atoms with Crippen molar-refractivity contribution in [1.82, 2.24) is 9.80 Å². The van der Waals surface area contributed by atoms with E-state index in [2.05, 4.69) is 0 Å². The maximum absolute atomic E-state index is 13.2. The largest absolute Gasteiger partial charge is 0.391 e. The molecule has 1 aromatic rings. The summed E-state index contributed by atoms with van der Waals surface area (Å²) >= 11 is 0. The molecular weight excluding hydrogens is 362 g/mol. The predicted octanol–water partition coefficient (Wildman–Crippen LogP) is -1.12. The molecule has 0 spiro atoms. The molecule has 1 aliphatic heterocycles. The van der Waals surface area contributed by atoms with Gasteiger partial charge in [0.2, 0.25) is 11.8 Å². The zero-order valence-corrected chi connectivity index (χ0v) is 15.9. The zero-order valence-electron chi connectivity index (χ0n) is 15.9. The number of hydrogen-bond donors (Lipinski definition) is 4. The Hall–Kier alpha value is -2.33. The van der Waals surface area contributed by atoms with Crippen LogP contribution in [0.5, 0.6) is 0 Å². The monoisotopic (exact) mass is 391 g/mol. The number of β-amino-alcohol motifs (C(OH)–C–C–N with tert-alkyl or cyclic N) is 1. The average Bonchev–Trinajstić information content (AvgIpc) is 3.06. The molecule has 0 radical (unpaired) electrons. The van der Waals surface area contributed by atoms with Crippen LogP contribution in [0, 0.1) is 0 Å². The molecule has 1 aromatic carbocycles. The Labute approximate surface area is 164 Å². The van der Waals surface area contributed by atoms with Gasteiger partial charge in [0, 0.05) is 32.4 Å². The first-order valence-electron chi connectivity index (χ1n) is 9.40. The van der Waals surface area contributed by atoms with Crippen molar-refractivity contribution in [3.8, 4) is 0 Å². The fraction of sp³-hybridized carbons (Fsp3) is 0.526. The van der Waals surface area contributed by atoms with E-state index < -0.39 is 30.1 Å². The summed E-state index contributed by atoms with van der Waals surface area (Å²) < 4.78 is 0. The summed E-state index contributed by atoms with van der Waals surface area (Å²) in [4.78, 5) is 40.7. The van der Waals surface area contributed by atoms with Gasteiger partial charge in [-0.25, -0.2) is 0 Å². The number of carbonyl (C=O) groups is 3. The molecule has 7 N–H and O–H groups in total. The number of benzene rings is 1. The minimum Gasteiger partial charge on any atom is -0.391 e. The van der Waals surface area contributed by atoms with E-state index in [9.17, 15) is 19.5 Å². The van der Waals surface area contributed by atoms with Crippen molar-refractivity contribution in [1.29, 1.82) is 0 Å². The highest BCUT2D eigenvalue weighted by molar-refractivity contribution is 5.99. The first kappa shape index (κ1) is 22.0. The molecule has 1 saturated heterocycles. The van der Waals surface area contributed by atoms with Crippen LogP contribution < -0.4 is 17.2 Å². The van der Waals surface area contributed by atoms with Crippen LogP contribution in [-0.4, -0.2) is 64.0 Å². The minimum absolute atomic E-state index is 0.0161. The van der Waals surface area contributed by atoms with Crippen LogP contribution >= 0.6 is 0 Å². The predicted molar refractivity (Wildman–Crippen MR) is 103 cm³/mol. The standard InChI is InChI=1S/C19H29N5O4/c20-9-8-18(27)23-12-14(25)10-15(23)19(28)24(17(26)7-6-16(21)22)11-13-4-2-1-3-5-13/h1-5,14-16,25H,6-12,20-22H2/t14-,15+/m1/s1. The first-order valence-corrected chi connectivity index (χ1v) is 9.40. The fourth-order valence-electron chi connectivity index (χ4n) is 3.25. The number of aliphatic hydroxyl groups is 1. The molecule has 0 saturated carbocycles. The molecule has 28 heavy (non-hydrogen) atoms. The quantitative estimate of drug-likeness (QED) is 0.409. The van der Waals surface area contributed by atoms with E-state index in [1.807, 2.05) is 30.3 Å². The summed E-state index contributed by atoms with van der Waals surface area (Å²) in [5.41, 5.74) is 17.3. The molecule has 0 unspecified atom stereocenters. The molecule has 3 amide bonds. The smallest absolute Gasteiger partial charge is 0.252 e. The van der Waals surface area contributed by atoms with Gasteiger partial charge in [-0.05, 0) is 12.0 Å². The Morgan fingerprint density at radius 2 is 1.86 bits per heavy atom. The van der Waals surface area contributed by atoms with Gasteiger partial charge in [0.15, 0.2) is 0 Å². The number of carbonyl (C=O) groups excluding carboxylic acids is 3. The second-order valence-corrected chi connectivity index (χ2v) is 7.00. The van der Waals surface area contributed by atoms with Crippen molar-refractivity contribution in [3.05, 3.63) is 35.9 Å². The second kappa shape index (κ2) is 10.3. The van der Waals surface area contributed by atoms with Crippen LogP contribution in [0.2, 0.25) is 0 Å². The molecule has 2 rings (SSSR count). The van der Waals surface area contributed by atoms with Gasteiger partial charge in [-0.3, -0.25) is 19.3 Å². The molecule has 0 aliphatic carbocycles. The summed E-state index contributed by atoms with van der Waals surface area (Å²) in [6.07, 6.45) is -1.06. The van der Waals surface area contributed by atoms with Crippen LogP contribution in [0.25, 0.3) is 0 Å². The van der Waals surface area contributed by atoms with Gasteiger partial charge in [0.25, 0.3) is 5.91 Å². The highest BCUT2D eigenvalue weighted by atomic mass is 16.3. The van der Waals surface area contributed by atoms with Gasteiger partial charge in [0.1, 0.15) is 6.04 Å². The van der Waals surface area contributed by atoms with Crippen molar-refractivity contribution in [3.63, 3.8) is 0 Å². The summed E-state index contributed by atoms with van der Waals surface area (Å²) in [7, 11) is 0. The molecule has 9 nitrogen and oxygen atoms in total. The SMILES string of the molecule is NCCC(=O)N1C[C@H](O)C[C@H]1C(=O)N(Cc1ccccc1)C(=O)CCC(N)N. The lowest BCUT2D eigenvalue weighted by molar-refractivity contribution is -0.152.